The minimum absolute atomic E-state index is 0.0938. The van der Waals surface area contributed by atoms with Crippen LogP contribution in [0.15, 0.2) is 54.9 Å². The highest BCUT2D eigenvalue weighted by Crippen LogP contribution is 2.45. The van der Waals surface area contributed by atoms with Gasteiger partial charge in [0.2, 0.25) is 0 Å². The lowest BCUT2D eigenvalue weighted by Crippen LogP contribution is -2.32. The zero-order valence-electron chi connectivity index (χ0n) is 18.7. The first-order valence-electron chi connectivity index (χ1n) is 11.2. The summed E-state index contributed by atoms with van der Waals surface area (Å²) >= 11 is 0. The summed E-state index contributed by atoms with van der Waals surface area (Å²) in [6.07, 6.45) is 2.17. The third kappa shape index (κ3) is 4.26. The number of aliphatic hydroxyl groups excluding tert-OH is 1. The van der Waals surface area contributed by atoms with E-state index in [9.17, 15) is 14.7 Å². The second-order valence-electron chi connectivity index (χ2n) is 9.15. The Bertz CT molecular complexity index is 1190. The predicted octanol–water partition coefficient (Wildman–Crippen LogP) is 2.48. The van der Waals surface area contributed by atoms with Gasteiger partial charge in [0.1, 0.15) is 12.2 Å². The van der Waals surface area contributed by atoms with Crippen molar-refractivity contribution in [2.45, 2.75) is 25.4 Å². The number of fused-ring (bicyclic) bond motifs is 1. The number of anilines is 1. The quantitative estimate of drug-likeness (QED) is 0.607. The molecule has 4 atom stereocenters. The predicted molar refractivity (Wildman–Crippen MR) is 123 cm³/mol. The first kappa shape index (κ1) is 21.3. The summed E-state index contributed by atoms with van der Waals surface area (Å²) in [5, 5.41) is 20.7. The SMILES string of the molecule is C[C@H](Cc1nncn1C)c1cccc(NC(=O)c2cccc(C(=O)N3C[C@@H]4C(O)[C@@H]4C3)c2)c1. The molecule has 2 aliphatic rings. The molecule has 1 saturated heterocycles. The number of benzene rings is 2. The van der Waals surface area contributed by atoms with Crippen molar-refractivity contribution in [3.8, 4) is 0 Å². The molecule has 2 N–H and O–H groups in total. The van der Waals surface area contributed by atoms with Crippen LogP contribution in [0, 0.1) is 11.8 Å². The number of carbonyl (C=O) groups is 2. The molecule has 3 aromatic rings. The Morgan fingerprint density at radius 3 is 2.58 bits per heavy atom. The van der Waals surface area contributed by atoms with Gasteiger partial charge < -0.3 is 19.9 Å². The van der Waals surface area contributed by atoms with Gasteiger partial charge in [-0.3, -0.25) is 9.59 Å². The van der Waals surface area contributed by atoms with Gasteiger partial charge >= 0.3 is 0 Å². The molecule has 5 rings (SSSR count). The fraction of sp³-hybridized carbons (Fsp3) is 0.360. The standard InChI is InChI=1S/C25H27N5O3/c1-15(9-22-28-26-14-29(22)2)16-5-4-8-19(11-16)27-24(32)17-6-3-7-18(10-17)25(33)30-12-20-21(13-30)23(20)31/h3-8,10-11,14-15,20-21,23,31H,9,12-13H2,1-2H3,(H,27,32)/t15-,20-,21+,23?/m1/s1. The Morgan fingerprint density at radius 1 is 1.12 bits per heavy atom. The number of hydrogen-bond acceptors (Lipinski definition) is 5. The molecular weight excluding hydrogens is 418 g/mol. The first-order chi connectivity index (χ1) is 15.9. The molecule has 1 aromatic heterocycles. The molecule has 170 valence electrons. The molecule has 2 aromatic carbocycles. The molecule has 0 radical (unpaired) electrons. The molecular formula is C25H27N5O3. The lowest BCUT2D eigenvalue weighted by atomic mass is 9.97. The Labute approximate surface area is 192 Å². The number of likely N-dealkylation sites (tertiary alicyclic amines) is 1. The maximum atomic E-state index is 12.9. The van der Waals surface area contributed by atoms with Crippen molar-refractivity contribution < 1.29 is 14.7 Å². The van der Waals surface area contributed by atoms with Crippen molar-refractivity contribution in [3.63, 3.8) is 0 Å². The van der Waals surface area contributed by atoms with Crippen LogP contribution in [0.25, 0.3) is 0 Å². The van der Waals surface area contributed by atoms with E-state index in [1.807, 2.05) is 35.9 Å². The molecule has 2 heterocycles. The first-order valence-corrected chi connectivity index (χ1v) is 11.2. The second-order valence-corrected chi connectivity index (χ2v) is 9.15. The Morgan fingerprint density at radius 2 is 1.85 bits per heavy atom. The van der Waals surface area contributed by atoms with E-state index in [4.69, 9.17) is 0 Å². The van der Waals surface area contributed by atoms with E-state index in [1.165, 1.54) is 0 Å². The van der Waals surface area contributed by atoms with Gasteiger partial charge in [-0.2, -0.15) is 0 Å². The van der Waals surface area contributed by atoms with Crippen LogP contribution < -0.4 is 5.32 Å². The van der Waals surface area contributed by atoms with Gasteiger partial charge in [-0.15, -0.1) is 10.2 Å². The lowest BCUT2D eigenvalue weighted by Gasteiger charge is -2.19. The summed E-state index contributed by atoms with van der Waals surface area (Å²) in [4.78, 5) is 27.5. The number of nitrogens with one attached hydrogen (secondary N) is 1. The third-order valence-electron chi connectivity index (χ3n) is 6.82. The van der Waals surface area contributed by atoms with Gasteiger partial charge in [0.05, 0.1) is 6.10 Å². The highest BCUT2D eigenvalue weighted by Gasteiger charge is 2.56. The Hall–Kier alpha value is -3.52. The minimum Gasteiger partial charge on any atom is -0.392 e. The number of aryl methyl sites for hydroxylation is 1. The molecule has 1 aliphatic carbocycles. The van der Waals surface area contributed by atoms with Crippen LogP contribution in [0.3, 0.4) is 0 Å². The number of hydrogen-bond donors (Lipinski definition) is 2. The van der Waals surface area contributed by atoms with E-state index in [-0.39, 0.29) is 35.7 Å². The fourth-order valence-electron chi connectivity index (χ4n) is 4.65. The molecule has 0 spiro atoms. The third-order valence-corrected chi connectivity index (χ3v) is 6.82. The smallest absolute Gasteiger partial charge is 0.255 e. The van der Waals surface area contributed by atoms with Crippen molar-refractivity contribution in [1.29, 1.82) is 0 Å². The Balaban J connectivity index is 1.25. The van der Waals surface area contributed by atoms with Crippen LogP contribution in [-0.2, 0) is 13.5 Å². The van der Waals surface area contributed by atoms with Crippen LogP contribution >= 0.6 is 0 Å². The Kier molecular flexibility index (Phi) is 5.46. The number of amides is 2. The number of aliphatic hydroxyl groups is 1. The lowest BCUT2D eigenvalue weighted by molar-refractivity contribution is 0.0746. The number of piperidine rings is 1. The van der Waals surface area contributed by atoms with Crippen molar-refractivity contribution in [3.05, 3.63) is 77.4 Å². The van der Waals surface area contributed by atoms with Crippen molar-refractivity contribution in [2.75, 3.05) is 18.4 Å². The zero-order chi connectivity index (χ0) is 23.1. The normalized spacial score (nSPS) is 22.0. The maximum Gasteiger partial charge on any atom is 0.255 e. The average Bonchev–Trinajstić information content (AvgIpc) is 3.17. The van der Waals surface area contributed by atoms with Crippen LogP contribution in [0.2, 0.25) is 0 Å². The van der Waals surface area contributed by atoms with Crippen LogP contribution in [0.5, 0.6) is 0 Å². The molecule has 0 bridgehead atoms. The van der Waals surface area contributed by atoms with E-state index < -0.39 is 0 Å². The molecule has 1 saturated carbocycles. The van der Waals surface area contributed by atoms with Gasteiger partial charge in [0.25, 0.3) is 11.8 Å². The van der Waals surface area contributed by atoms with E-state index >= 15 is 0 Å². The van der Waals surface area contributed by atoms with Gasteiger partial charge in [0.15, 0.2) is 0 Å². The van der Waals surface area contributed by atoms with E-state index in [1.54, 1.807) is 35.5 Å². The molecule has 8 heteroatoms. The number of aromatic nitrogens is 3. The topological polar surface area (TPSA) is 100 Å². The summed E-state index contributed by atoms with van der Waals surface area (Å²) < 4.78 is 1.91. The summed E-state index contributed by atoms with van der Waals surface area (Å²) in [7, 11) is 1.92. The molecule has 8 nitrogen and oxygen atoms in total. The van der Waals surface area contributed by atoms with Gasteiger partial charge in [-0.1, -0.05) is 25.1 Å². The van der Waals surface area contributed by atoms with E-state index in [0.717, 1.165) is 17.8 Å². The van der Waals surface area contributed by atoms with Crippen LogP contribution in [-0.4, -0.2) is 55.8 Å². The largest absolute Gasteiger partial charge is 0.392 e. The summed E-state index contributed by atoms with van der Waals surface area (Å²) in [5.41, 5.74) is 2.72. The summed E-state index contributed by atoms with van der Waals surface area (Å²) in [5.74, 6) is 1.18. The summed E-state index contributed by atoms with van der Waals surface area (Å²) in [6.45, 7) is 3.28. The minimum atomic E-state index is -0.262. The van der Waals surface area contributed by atoms with Crippen molar-refractivity contribution in [2.24, 2.45) is 18.9 Å². The monoisotopic (exact) mass is 445 g/mol. The molecule has 2 fully saturated rings. The van der Waals surface area contributed by atoms with E-state index in [0.29, 0.717) is 29.9 Å². The maximum absolute atomic E-state index is 12.9. The summed E-state index contributed by atoms with van der Waals surface area (Å²) in [6, 6.07) is 14.6. The van der Waals surface area contributed by atoms with Crippen LogP contribution in [0.4, 0.5) is 5.69 Å². The number of rotatable bonds is 6. The highest BCUT2D eigenvalue weighted by molar-refractivity contribution is 6.06. The average molecular weight is 446 g/mol. The van der Waals surface area contributed by atoms with E-state index in [2.05, 4.69) is 22.4 Å². The number of nitrogens with zero attached hydrogens (tertiary/aromatic N) is 4. The zero-order valence-corrected chi connectivity index (χ0v) is 18.7. The molecule has 1 aliphatic heterocycles. The molecule has 33 heavy (non-hydrogen) atoms. The molecule has 2 amide bonds. The molecule has 1 unspecified atom stereocenters. The van der Waals surface area contributed by atoms with Crippen molar-refractivity contribution >= 4 is 17.5 Å². The van der Waals surface area contributed by atoms with Gasteiger partial charge in [-0.25, -0.2) is 0 Å². The van der Waals surface area contributed by atoms with Gasteiger partial charge in [0, 0.05) is 55.2 Å². The highest BCUT2D eigenvalue weighted by atomic mass is 16.3. The van der Waals surface area contributed by atoms with Crippen molar-refractivity contribution in [1.82, 2.24) is 19.7 Å². The van der Waals surface area contributed by atoms with Gasteiger partial charge in [-0.05, 0) is 41.8 Å². The van der Waals surface area contributed by atoms with Crippen LogP contribution in [0.1, 0.15) is 44.9 Å². The second kappa shape index (κ2) is 8.44. The fourth-order valence-corrected chi connectivity index (χ4v) is 4.65. The number of carbonyl (C=O) groups excluding carboxylic acids is 2.